The molecule has 0 N–H and O–H groups in total. The normalized spacial score (nSPS) is 34.8. The van der Waals surface area contributed by atoms with E-state index in [1.165, 1.54) is 6.92 Å². The number of rotatable bonds is 4. The maximum absolute atomic E-state index is 13.5. The van der Waals surface area contributed by atoms with Crippen LogP contribution in [0.15, 0.2) is 50.7 Å². The predicted octanol–water partition coefficient (Wildman–Crippen LogP) is 6.99. The maximum Gasteiger partial charge on any atom is 0.339 e. The molecule has 0 saturated heterocycles. The Hall–Kier alpha value is -2.69. The quantitative estimate of drug-likeness (QED) is 0.250. The van der Waals surface area contributed by atoms with E-state index in [-0.39, 0.29) is 45.6 Å². The molecule has 5 atom stereocenters. The Morgan fingerprint density at radius 1 is 1.03 bits per heavy atom. The molecular formula is C32H42O5. The zero-order chi connectivity index (χ0) is 27.3. The smallest absolute Gasteiger partial charge is 0.339 e. The molecule has 1 heterocycles. The number of allylic oxidation sites excluding steroid dienone is 6. The van der Waals surface area contributed by atoms with Crippen molar-refractivity contribution in [2.24, 2.45) is 28.1 Å². The number of carbonyl (C=O) groups excluding carboxylic acids is 2. The molecule has 3 aliphatic carbocycles. The lowest BCUT2D eigenvalue weighted by Gasteiger charge is -2.62. The van der Waals surface area contributed by atoms with Crippen LogP contribution in [-0.4, -0.2) is 17.9 Å². The number of Topliss-reactive ketones (excluding diaryl/α,β-unsaturated/α-hetero) is 1. The molecule has 1 aromatic rings. The van der Waals surface area contributed by atoms with Gasteiger partial charge in [-0.1, -0.05) is 45.9 Å². The van der Waals surface area contributed by atoms with Crippen molar-refractivity contribution in [3.05, 3.63) is 63.3 Å². The Morgan fingerprint density at radius 2 is 1.73 bits per heavy atom. The number of ether oxygens (including phenoxy) is 1. The molecule has 3 saturated carbocycles. The second kappa shape index (κ2) is 9.56. The van der Waals surface area contributed by atoms with Crippen molar-refractivity contribution in [3.63, 3.8) is 0 Å². The van der Waals surface area contributed by atoms with E-state index in [0.29, 0.717) is 23.7 Å². The molecule has 200 valence electrons. The van der Waals surface area contributed by atoms with E-state index in [4.69, 9.17) is 9.15 Å². The SMILES string of the molecule is CC(=O)OC1CCC2(C)C3CC(=O)/C(=C(C)/C=C/C=C(\C)c4ccc(C)c(=O)o4)C3(C)CCC2C1(C)C. The fourth-order valence-corrected chi connectivity index (χ4v) is 8.17. The van der Waals surface area contributed by atoms with Crippen molar-refractivity contribution < 1.29 is 18.7 Å². The van der Waals surface area contributed by atoms with E-state index >= 15 is 0 Å². The average Bonchev–Trinajstić information content (AvgIpc) is 3.08. The first-order valence-corrected chi connectivity index (χ1v) is 13.6. The van der Waals surface area contributed by atoms with Gasteiger partial charge in [-0.2, -0.15) is 0 Å². The van der Waals surface area contributed by atoms with Crippen molar-refractivity contribution >= 4 is 17.3 Å². The molecule has 0 aromatic carbocycles. The predicted molar refractivity (Wildman–Crippen MR) is 146 cm³/mol. The maximum atomic E-state index is 13.5. The van der Waals surface area contributed by atoms with E-state index in [0.717, 1.165) is 42.4 Å². The number of ketones is 1. The van der Waals surface area contributed by atoms with Crippen LogP contribution in [-0.2, 0) is 14.3 Å². The van der Waals surface area contributed by atoms with Gasteiger partial charge in [-0.3, -0.25) is 9.59 Å². The van der Waals surface area contributed by atoms with E-state index in [1.54, 1.807) is 13.0 Å². The first-order valence-electron chi connectivity index (χ1n) is 13.6. The van der Waals surface area contributed by atoms with E-state index < -0.39 is 0 Å². The molecule has 5 heteroatoms. The van der Waals surface area contributed by atoms with Crippen LogP contribution in [0.2, 0.25) is 0 Å². The Morgan fingerprint density at radius 3 is 2.38 bits per heavy atom. The highest BCUT2D eigenvalue weighted by molar-refractivity contribution is 6.00. The van der Waals surface area contributed by atoms with Gasteiger partial charge in [-0.05, 0) is 87.0 Å². The number of fused-ring (bicyclic) bond motifs is 3. The Labute approximate surface area is 221 Å². The van der Waals surface area contributed by atoms with Crippen LogP contribution < -0.4 is 5.63 Å². The molecule has 37 heavy (non-hydrogen) atoms. The Balaban J connectivity index is 1.62. The first kappa shape index (κ1) is 27.3. The summed E-state index contributed by atoms with van der Waals surface area (Å²) in [4.78, 5) is 37.2. The lowest BCUT2D eigenvalue weighted by molar-refractivity contribution is -0.185. The average molecular weight is 507 g/mol. The van der Waals surface area contributed by atoms with Crippen molar-refractivity contribution in [1.82, 2.24) is 0 Å². The van der Waals surface area contributed by atoms with Crippen LogP contribution >= 0.6 is 0 Å². The van der Waals surface area contributed by atoms with Gasteiger partial charge in [0.25, 0.3) is 0 Å². The second-order valence-corrected chi connectivity index (χ2v) is 12.7. The third-order valence-corrected chi connectivity index (χ3v) is 10.0. The van der Waals surface area contributed by atoms with Gasteiger partial charge in [-0.15, -0.1) is 0 Å². The van der Waals surface area contributed by atoms with Crippen LogP contribution in [0, 0.1) is 35.0 Å². The fraction of sp³-hybridized carbons (Fsp3) is 0.594. The van der Waals surface area contributed by atoms with Crippen molar-refractivity contribution in [2.45, 2.75) is 93.6 Å². The van der Waals surface area contributed by atoms with Gasteiger partial charge >= 0.3 is 11.6 Å². The summed E-state index contributed by atoms with van der Waals surface area (Å²) in [6.45, 7) is 16.4. The topological polar surface area (TPSA) is 73.6 Å². The minimum atomic E-state index is -0.322. The second-order valence-electron chi connectivity index (χ2n) is 12.7. The summed E-state index contributed by atoms with van der Waals surface area (Å²) in [6.07, 6.45) is 10.2. The van der Waals surface area contributed by atoms with Gasteiger partial charge in [0.15, 0.2) is 5.78 Å². The fourth-order valence-electron chi connectivity index (χ4n) is 8.17. The van der Waals surface area contributed by atoms with Crippen LogP contribution in [0.3, 0.4) is 0 Å². The molecule has 5 nitrogen and oxygen atoms in total. The molecule has 4 rings (SSSR count). The molecule has 0 amide bonds. The summed E-state index contributed by atoms with van der Waals surface area (Å²) in [5, 5.41) is 0. The van der Waals surface area contributed by atoms with Gasteiger partial charge in [0.2, 0.25) is 0 Å². The van der Waals surface area contributed by atoms with Gasteiger partial charge in [0.1, 0.15) is 11.9 Å². The largest absolute Gasteiger partial charge is 0.462 e. The van der Waals surface area contributed by atoms with Gasteiger partial charge in [0, 0.05) is 35.3 Å². The highest BCUT2D eigenvalue weighted by Gasteiger charge is 2.65. The molecule has 0 radical (unpaired) electrons. The molecule has 0 spiro atoms. The van der Waals surface area contributed by atoms with E-state index in [1.807, 2.05) is 38.1 Å². The molecule has 3 aliphatic rings. The molecule has 0 bridgehead atoms. The minimum Gasteiger partial charge on any atom is -0.462 e. The molecular weight excluding hydrogens is 464 g/mol. The Kier molecular flexibility index (Phi) is 7.07. The monoisotopic (exact) mass is 506 g/mol. The first-order chi connectivity index (χ1) is 17.2. The van der Waals surface area contributed by atoms with Gasteiger partial charge < -0.3 is 9.15 Å². The zero-order valence-electron chi connectivity index (χ0n) is 23.7. The number of aryl methyl sites for hydroxylation is 1. The van der Waals surface area contributed by atoms with Crippen molar-refractivity contribution in [3.8, 4) is 0 Å². The van der Waals surface area contributed by atoms with Crippen LogP contribution in [0.5, 0.6) is 0 Å². The zero-order valence-corrected chi connectivity index (χ0v) is 23.7. The third-order valence-electron chi connectivity index (χ3n) is 10.0. The summed E-state index contributed by atoms with van der Waals surface area (Å²) in [5.74, 6) is 1.28. The van der Waals surface area contributed by atoms with Gasteiger partial charge in [0.05, 0.1) is 0 Å². The lowest BCUT2D eigenvalue weighted by Crippen LogP contribution is -2.58. The van der Waals surface area contributed by atoms with E-state index in [2.05, 4.69) is 27.7 Å². The number of hydrogen-bond donors (Lipinski definition) is 0. The Bertz CT molecular complexity index is 1260. The lowest BCUT2D eigenvalue weighted by atomic mass is 9.43. The van der Waals surface area contributed by atoms with Crippen LogP contribution in [0.25, 0.3) is 5.57 Å². The minimum absolute atomic E-state index is 0.0219. The summed E-state index contributed by atoms with van der Waals surface area (Å²) < 4.78 is 11.2. The number of hydrogen-bond acceptors (Lipinski definition) is 5. The standard InChI is InChI=1S/C32H42O5/c1-19(24-13-12-21(3)29(35)37-24)10-9-11-20(2)28-23(34)18-26-31(7)17-15-27(36-22(4)33)30(5,6)25(31)14-16-32(26,28)8/h9-13,25-27H,14-18H2,1-8H3/b11-9+,19-10+,28-20-. The van der Waals surface area contributed by atoms with Crippen LogP contribution in [0.4, 0.5) is 0 Å². The molecule has 5 unspecified atom stereocenters. The summed E-state index contributed by atoms with van der Waals surface area (Å²) in [5.41, 5.74) is 2.84. The third kappa shape index (κ3) is 4.59. The van der Waals surface area contributed by atoms with E-state index in [9.17, 15) is 14.4 Å². The molecule has 0 aliphatic heterocycles. The molecule has 1 aromatic heterocycles. The van der Waals surface area contributed by atoms with Gasteiger partial charge in [-0.25, -0.2) is 4.79 Å². The van der Waals surface area contributed by atoms with Crippen molar-refractivity contribution in [2.75, 3.05) is 0 Å². The number of carbonyl (C=O) groups is 2. The highest BCUT2D eigenvalue weighted by Crippen LogP contribution is 2.69. The summed E-state index contributed by atoms with van der Waals surface area (Å²) in [7, 11) is 0. The van der Waals surface area contributed by atoms with Crippen LogP contribution in [0.1, 0.15) is 91.9 Å². The number of esters is 1. The highest BCUT2D eigenvalue weighted by atomic mass is 16.5. The summed E-state index contributed by atoms with van der Waals surface area (Å²) >= 11 is 0. The summed E-state index contributed by atoms with van der Waals surface area (Å²) in [6, 6.07) is 3.58. The van der Waals surface area contributed by atoms with Crippen molar-refractivity contribution in [1.29, 1.82) is 0 Å². The molecule has 3 fully saturated rings.